The van der Waals surface area contributed by atoms with E-state index in [1.165, 1.54) is 41.3 Å². The van der Waals surface area contributed by atoms with Gasteiger partial charge in [-0.25, -0.2) is 14.1 Å². The maximum Gasteiger partial charge on any atom is 0.291 e. The van der Waals surface area contributed by atoms with Gasteiger partial charge in [0.1, 0.15) is 5.82 Å². The normalized spacial score (nSPS) is 10.3. The second-order valence-corrected chi connectivity index (χ2v) is 4.84. The molecule has 0 radical (unpaired) electrons. The molecule has 0 fully saturated rings. The highest BCUT2D eigenvalue weighted by molar-refractivity contribution is 6.32. The van der Waals surface area contributed by atoms with E-state index in [9.17, 15) is 9.18 Å². The molecular weight excluding hydrogens is 323 g/mol. The van der Waals surface area contributed by atoms with Gasteiger partial charge >= 0.3 is 0 Å². The minimum Gasteiger partial charge on any atom is -0.280 e. The number of amides is 1. The highest BCUT2D eigenvalue weighted by Gasteiger charge is 2.12. The number of anilines is 1. The van der Waals surface area contributed by atoms with Crippen LogP contribution in [-0.2, 0) is 0 Å². The van der Waals surface area contributed by atoms with Crippen LogP contribution in [0.1, 0.15) is 10.5 Å². The molecule has 0 aliphatic carbocycles. The Hall–Kier alpha value is -3.00. The molecule has 0 aliphatic rings. The topological polar surface area (TPSA) is 84.7 Å². The number of pyridine rings is 1. The van der Waals surface area contributed by atoms with Gasteiger partial charge in [-0.15, -0.1) is 5.10 Å². The van der Waals surface area contributed by atoms with E-state index in [2.05, 4.69) is 26.1 Å². The van der Waals surface area contributed by atoms with Gasteiger partial charge in [0.25, 0.3) is 5.91 Å². The molecule has 1 amide bonds. The molecule has 0 spiro atoms. The van der Waals surface area contributed by atoms with Crippen LogP contribution in [0.15, 0.2) is 48.8 Å². The lowest BCUT2D eigenvalue weighted by Crippen LogP contribution is -2.30. The predicted molar refractivity (Wildman–Crippen MR) is 81.7 cm³/mol. The van der Waals surface area contributed by atoms with Crippen molar-refractivity contribution in [3.05, 3.63) is 65.3 Å². The standard InChI is InChI=1S/C14H10ClFN6O/c15-11-2-1-7-17-13(11)19-20-14(23)12-8-22(21-18-12)10-5-3-9(16)4-6-10/h1-8H,(H,17,19)(H,20,23). The average molecular weight is 333 g/mol. The number of carbonyl (C=O) groups is 1. The summed E-state index contributed by atoms with van der Waals surface area (Å²) in [6, 6.07) is 8.94. The zero-order valence-corrected chi connectivity index (χ0v) is 12.3. The van der Waals surface area contributed by atoms with E-state index in [-0.39, 0.29) is 11.5 Å². The molecular formula is C14H10ClFN6O. The second kappa shape index (κ2) is 6.41. The lowest BCUT2D eigenvalue weighted by molar-refractivity contribution is 0.0957. The monoisotopic (exact) mass is 332 g/mol. The molecule has 0 saturated carbocycles. The van der Waals surface area contributed by atoms with Crippen LogP contribution in [0.3, 0.4) is 0 Å². The van der Waals surface area contributed by atoms with Gasteiger partial charge < -0.3 is 0 Å². The second-order valence-electron chi connectivity index (χ2n) is 4.44. The van der Waals surface area contributed by atoms with E-state index in [4.69, 9.17) is 11.6 Å². The number of carbonyl (C=O) groups excluding carboxylic acids is 1. The van der Waals surface area contributed by atoms with Crippen molar-refractivity contribution in [2.75, 3.05) is 5.43 Å². The number of nitrogens with zero attached hydrogens (tertiary/aromatic N) is 4. The molecule has 1 aromatic carbocycles. The van der Waals surface area contributed by atoms with E-state index >= 15 is 0 Å². The molecule has 0 bridgehead atoms. The first kappa shape index (κ1) is 14.9. The number of hydrogen-bond acceptors (Lipinski definition) is 5. The van der Waals surface area contributed by atoms with E-state index in [1.54, 1.807) is 12.1 Å². The van der Waals surface area contributed by atoms with E-state index in [0.717, 1.165) is 0 Å². The van der Waals surface area contributed by atoms with Crippen LogP contribution in [0.25, 0.3) is 5.69 Å². The summed E-state index contributed by atoms with van der Waals surface area (Å²) in [7, 11) is 0. The quantitative estimate of drug-likeness (QED) is 0.716. The number of benzene rings is 1. The SMILES string of the molecule is O=C(NNc1ncccc1Cl)c1cn(-c2ccc(F)cc2)nn1. The molecule has 2 aromatic heterocycles. The summed E-state index contributed by atoms with van der Waals surface area (Å²) in [5.74, 6) is -0.559. The Balaban J connectivity index is 1.69. The van der Waals surface area contributed by atoms with Gasteiger partial charge in [0.05, 0.1) is 16.9 Å². The molecule has 2 N–H and O–H groups in total. The molecule has 116 valence electrons. The van der Waals surface area contributed by atoms with Crippen molar-refractivity contribution in [3.8, 4) is 5.69 Å². The number of nitrogens with one attached hydrogen (secondary N) is 2. The van der Waals surface area contributed by atoms with Gasteiger partial charge in [-0.05, 0) is 36.4 Å². The Bertz CT molecular complexity index is 835. The molecule has 3 rings (SSSR count). The third-order valence-electron chi connectivity index (χ3n) is 2.87. The van der Waals surface area contributed by atoms with Gasteiger partial charge in [0.15, 0.2) is 11.5 Å². The van der Waals surface area contributed by atoms with Crippen LogP contribution in [0.4, 0.5) is 10.2 Å². The van der Waals surface area contributed by atoms with E-state index < -0.39 is 5.91 Å². The Morgan fingerprint density at radius 3 is 2.74 bits per heavy atom. The minimum atomic E-state index is -0.514. The Labute approximate surface area is 135 Å². The molecule has 2 heterocycles. The fourth-order valence-electron chi connectivity index (χ4n) is 1.75. The molecule has 0 saturated heterocycles. The van der Waals surface area contributed by atoms with Crippen molar-refractivity contribution in [3.63, 3.8) is 0 Å². The molecule has 0 unspecified atom stereocenters. The highest BCUT2D eigenvalue weighted by atomic mass is 35.5. The van der Waals surface area contributed by atoms with Crippen LogP contribution in [0.2, 0.25) is 5.02 Å². The van der Waals surface area contributed by atoms with Gasteiger partial charge in [0.2, 0.25) is 0 Å². The number of halogens is 2. The van der Waals surface area contributed by atoms with Gasteiger partial charge in [-0.3, -0.25) is 15.6 Å². The zero-order chi connectivity index (χ0) is 16.2. The largest absolute Gasteiger partial charge is 0.291 e. The van der Waals surface area contributed by atoms with Crippen LogP contribution >= 0.6 is 11.6 Å². The third kappa shape index (κ3) is 3.43. The lowest BCUT2D eigenvalue weighted by atomic mass is 10.3. The van der Waals surface area contributed by atoms with Crippen LogP contribution in [0.5, 0.6) is 0 Å². The smallest absolute Gasteiger partial charge is 0.280 e. The molecule has 9 heteroatoms. The average Bonchev–Trinajstić information content (AvgIpc) is 3.04. The van der Waals surface area contributed by atoms with Gasteiger partial charge in [-0.1, -0.05) is 16.8 Å². The van der Waals surface area contributed by atoms with Crippen molar-refractivity contribution in [1.82, 2.24) is 25.4 Å². The van der Waals surface area contributed by atoms with Crippen molar-refractivity contribution in [1.29, 1.82) is 0 Å². The maximum atomic E-state index is 12.9. The third-order valence-corrected chi connectivity index (χ3v) is 3.18. The number of hydrogen-bond donors (Lipinski definition) is 2. The lowest BCUT2D eigenvalue weighted by Gasteiger charge is -2.06. The Morgan fingerprint density at radius 1 is 1.22 bits per heavy atom. The van der Waals surface area contributed by atoms with Crippen molar-refractivity contribution < 1.29 is 9.18 Å². The minimum absolute atomic E-state index is 0.0777. The van der Waals surface area contributed by atoms with Crippen LogP contribution in [0, 0.1) is 5.82 Å². The fraction of sp³-hybridized carbons (Fsp3) is 0. The first-order chi connectivity index (χ1) is 11.1. The summed E-state index contributed by atoms with van der Waals surface area (Å²) in [5, 5.41) is 7.95. The van der Waals surface area contributed by atoms with Crippen LogP contribution < -0.4 is 10.9 Å². The molecule has 0 atom stereocenters. The van der Waals surface area contributed by atoms with E-state index in [1.807, 2.05) is 0 Å². The Morgan fingerprint density at radius 2 is 2.00 bits per heavy atom. The maximum absolute atomic E-state index is 12.9. The van der Waals surface area contributed by atoms with Crippen molar-refractivity contribution in [2.45, 2.75) is 0 Å². The summed E-state index contributed by atoms with van der Waals surface area (Å²) >= 11 is 5.91. The molecule has 0 aliphatic heterocycles. The summed E-state index contributed by atoms with van der Waals surface area (Å²) < 4.78 is 14.3. The molecule has 7 nitrogen and oxygen atoms in total. The highest BCUT2D eigenvalue weighted by Crippen LogP contribution is 2.16. The molecule has 3 aromatic rings. The van der Waals surface area contributed by atoms with E-state index in [0.29, 0.717) is 16.5 Å². The number of hydrazine groups is 1. The Kier molecular flexibility index (Phi) is 4.15. The van der Waals surface area contributed by atoms with Gasteiger partial charge in [-0.2, -0.15) is 0 Å². The van der Waals surface area contributed by atoms with Crippen LogP contribution in [-0.4, -0.2) is 25.9 Å². The first-order valence-corrected chi connectivity index (χ1v) is 6.86. The van der Waals surface area contributed by atoms with Crippen molar-refractivity contribution >= 4 is 23.3 Å². The summed E-state index contributed by atoms with van der Waals surface area (Å²) in [6.45, 7) is 0. The summed E-state index contributed by atoms with van der Waals surface area (Å²) in [5.41, 5.74) is 5.68. The summed E-state index contributed by atoms with van der Waals surface area (Å²) in [4.78, 5) is 16.0. The predicted octanol–water partition coefficient (Wildman–Crippen LogP) is 2.21. The number of aromatic nitrogens is 4. The molecule has 23 heavy (non-hydrogen) atoms. The summed E-state index contributed by atoms with van der Waals surface area (Å²) in [6.07, 6.45) is 2.95. The fourth-order valence-corrected chi connectivity index (χ4v) is 1.91. The first-order valence-electron chi connectivity index (χ1n) is 6.48. The van der Waals surface area contributed by atoms with Crippen molar-refractivity contribution in [2.24, 2.45) is 0 Å². The zero-order valence-electron chi connectivity index (χ0n) is 11.6. The number of rotatable bonds is 4. The van der Waals surface area contributed by atoms with Gasteiger partial charge in [0, 0.05) is 6.20 Å².